The Balaban J connectivity index is 1.92. The van der Waals surface area contributed by atoms with Crippen molar-refractivity contribution in [2.45, 2.75) is 5.92 Å². The summed E-state index contributed by atoms with van der Waals surface area (Å²) >= 11 is 5.96. The molecule has 0 saturated carbocycles. The lowest BCUT2D eigenvalue weighted by Gasteiger charge is -2.02. The molecule has 0 bridgehead atoms. The number of benzene rings is 2. The summed E-state index contributed by atoms with van der Waals surface area (Å²) in [7, 11) is 0. The van der Waals surface area contributed by atoms with E-state index in [4.69, 9.17) is 11.6 Å². The lowest BCUT2D eigenvalue weighted by Crippen LogP contribution is -2.12. The van der Waals surface area contributed by atoms with E-state index in [9.17, 15) is 9.90 Å². The average molecular weight is 287 g/mol. The van der Waals surface area contributed by atoms with Gasteiger partial charge in [-0.1, -0.05) is 17.7 Å². The van der Waals surface area contributed by atoms with Gasteiger partial charge in [0.25, 0.3) is 0 Å². The van der Waals surface area contributed by atoms with Crippen molar-refractivity contribution >= 4 is 35.1 Å². The van der Waals surface area contributed by atoms with Gasteiger partial charge in [-0.2, -0.15) is 0 Å². The molecule has 20 heavy (non-hydrogen) atoms. The number of aliphatic imine (C=N–C) groups is 1. The number of fused-ring (bicyclic) bond motifs is 1. The fourth-order valence-corrected chi connectivity index (χ4v) is 2.32. The summed E-state index contributed by atoms with van der Waals surface area (Å²) in [6.45, 7) is 0. The summed E-state index contributed by atoms with van der Waals surface area (Å²) in [5.74, 6) is -0.462. The van der Waals surface area contributed by atoms with E-state index in [1.165, 1.54) is 6.07 Å². The molecule has 0 radical (unpaired) electrons. The van der Waals surface area contributed by atoms with Crippen LogP contribution in [0.15, 0.2) is 47.5 Å². The molecule has 3 rings (SSSR count). The van der Waals surface area contributed by atoms with Gasteiger partial charge in [0, 0.05) is 23.0 Å². The van der Waals surface area contributed by atoms with Gasteiger partial charge in [-0.25, -0.2) is 0 Å². The molecule has 1 unspecified atom stereocenters. The number of nitrogens with one attached hydrogen (secondary N) is 1. The van der Waals surface area contributed by atoms with Crippen LogP contribution < -0.4 is 5.32 Å². The highest BCUT2D eigenvalue weighted by molar-refractivity contribution is 6.31. The normalized spacial score (nSPS) is 17.2. The molecule has 0 fully saturated rings. The molecule has 2 N–H and O–H groups in total. The third kappa shape index (κ3) is 2.38. The van der Waals surface area contributed by atoms with Crippen LogP contribution in [0.3, 0.4) is 0 Å². The van der Waals surface area contributed by atoms with E-state index in [0.717, 1.165) is 11.3 Å². The van der Waals surface area contributed by atoms with Crippen molar-refractivity contribution in [2.24, 2.45) is 4.99 Å². The van der Waals surface area contributed by atoms with Gasteiger partial charge in [0.1, 0.15) is 11.7 Å². The maximum Gasteiger partial charge on any atom is 0.237 e. The van der Waals surface area contributed by atoms with Crippen LogP contribution in [0.5, 0.6) is 5.75 Å². The number of amides is 1. The molecule has 5 heteroatoms. The lowest BCUT2D eigenvalue weighted by molar-refractivity contribution is -0.115. The van der Waals surface area contributed by atoms with Crippen molar-refractivity contribution in [1.82, 2.24) is 0 Å². The second kappa shape index (κ2) is 4.98. The number of halogens is 1. The molecule has 1 aliphatic rings. The zero-order valence-electron chi connectivity index (χ0n) is 10.4. The number of phenolic OH excluding ortho intramolecular Hbond substituents is 1. The predicted molar refractivity (Wildman–Crippen MR) is 79.1 cm³/mol. The molecule has 0 aromatic heterocycles. The second-order valence-corrected chi connectivity index (χ2v) is 4.93. The maximum atomic E-state index is 11.9. The number of anilines is 1. The highest BCUT2D eigenvalue weighted by Gasteiger charge is 2.29. The molecule has 2 aromatic rings. The Morgan fingerprint density at radius 1 is 1.25 bits per heavy atom. The van der Waals surface area contributed by atoms with Crippen LogP contribution in [0, 0.1) is 0 Å². The van der Waals surface area contributed by atoms with Crippen molar-refractivity contribution in [3.63, 3.8) is 0 Å². The van der Waals surface area contributed by atoms with Crippen molar-refractivity contribution in [1.29, 1.82) is 0 Å². The SMILES string of the molecule is O=C1Nc2ccc(Cl)cc2C1C=Nc1cccc(O)c1. The number of phenols is 1. The maximum absolute atomic E-state index is 11.9. The Labute approximate surface area is 120 Å². The molecule has 0 saturated heterocycles. The molecule has 1 amide bonds. The third-order valence-electron chi connectivity index (χ3n) is 3.09. The molecular formula is C15H11ClN2O2. The van der Waals surface area contributed by atoms with Crippen molar-refractivity contribution in [2.75, 3.05) is 5.32 Å². The molecule has 0 aliphatic carbocycles. The van der Waals surface area contributed by atoms with Crippen molar-refractivity contribution in [3.05, 3.63) is 53.1 Å². The van der Waals surface area contributed by atoms with E-state index in [1.807, 2.05) is 0 Å². The lowest BCUT2D eigenvalue weighted by atomic mass is 10.0. The first-order valence-electron chi connectivity index (χ1n) is 6.07. The van der Waals surface area contributed by atoms with E-state index in [2.05, 4.69) is 10.3 Å². The second-order valence-electron chi connectivity index (χ2n) is 4.50. The number of rotatable bonds is 2. The van der Waals surface area contributed by atoms with Crippen LogP contribution in [-0.4, -0.2) is 17.2 Å². The summed E-state index contributed by atoms with van der Waals surface area (Å²) in [5.41, 5.74) is 2.16. The van der Waals surface area contributed by atoms with Gasteiger partial charge in [-0.15, -0.1) is 0 Å². The zero-order valence-corrected chi connectivity index (χ0v) is 11.1. The first-order chi connectivity index (χ1) is 9.63. The van der Waals surface area contributed by atoms with Gasteiger partial charge in [-0.3, -0.25) is 9.79 Å². The highest BCUT2D eigenvalue weighted by atomic mass is 35.5. The largest absolute Gasteiger partial charge is 0.508 e. The van der Waals surface area contributed by atoms with Gasteiger partial charge in [-0.05, 0) is 35.9 Å². The van der Waals surface area contributed by atoms with Crippen molar-refractivity contribution in [3.8, 4) is 5.75 Å². The minimum Gasteiger partial charge on any atom is -0.508 e. The van der Waals surface area contributed by atoms with E-state index < -0.39 is 5.92 Å². The van der Waals surface area contributed by atoms with Crippen molar-refractivity contribution < 1.29 is 9.90 Å². The Morgan fingerprint density at radius 2 is 2.10 bits per heavy atom. The molecule has 1 aliphatic heterocycles. The Morgan fingerprint density at radius 3 is 2.90 bits per heavy atom. The molecule has 1 atom stereocenters. The van der Waals surface area contributed by atoms with E-state index in [0.29, 0.717) is 10.7 Å². The van der Waals surface area contributed by atoms with E-state index >= 15 is 0 Å². The average Bonchev–Trinajstić information content (AvgIpc) is 2.72. The summed E-state index contributed by atoms with van der Waals surface area (Å²) in [6, 6.07) is 11.8. The molecule has 4 nitrogen and oxygen atoms in total. The number of nitrogens with zero attached hydrogens (tertiary/aromatic N) is 1. The van der Waals surface area contributed by atoms with Crippen LogP contribution in [-0.2, 0) is 4.79 Å². The minimum atomic E-state index is -0.467. The molecule has 1 heterocycles. The smallest absolute Gasteiger partial charge is 0.237 e. The van der Waals surface area contributed by atoms with Gasteiger partial charge < -0.3 is 10.4 Å². The van der Waals surface area contributed by atoms with Crippen LogP contribution in [0.2, 0.25) is 5.02 Å². The highest BCUT2D eigenvalue weighted by Crippen LogP contribution is 2.33. The first kappa shape index (κ1) is 12.7. The van der Waals surface area contributed by atoms with Gasteiger partial charge in [0.15, 0.2) is 0 Å². The van der Waals surface area contributed by atoms with Crippen LogP contribution in [0.25, 0.3) is 0 Å². The number of carbonyl (C=O) groups is 1. The number of hydrogen-bond donors (Lipinski definition) is 2. The molecule has 2 aromatic carbocycles. The summed E-state index contributed by atoms with van der Waals surface area (Å²) in [5, 5.41) is 12.7. The number of aromatic hydroxyl groups is 1. The number of carbonyl (C=O) groups excluding carboxylic acids is 1. The minimum absolute atomic E-state index is 0.133. The topological polar surface area (TPSA) is 61.7 Å². The predicted octanol–water partition coefficient (Wildman–Crippen LogP) is 3.48. The first-order valence-corrected chi connectivity index (χ1v) is 6.45. The Hall–Kier alpha value is -2.33. The molecule has 0 spiro atoms. The van der Waals surface area contributed by atoms with Crippen LogP contribution in [0.1, 0.15) is 11.5 Å². The van der Waals surface area contributed by atoms with Crippen LogP contribution >= 0.6 is 11.6 Å². The van der Waals surface area contributed by atoms with E-state index in [1.54, 1.807) is 42.6 Å². The summed E-state index contributed by atoms with van der Waals surface area (Å²) in [4.78, 5) is 16.2. The van der Waals surface area contributed by atoms with Gasteiger partial charge in [0.2, 0.25) is 5.91 Å². The monoisotopic (exact) mass is 286 g/mol. The Kier molecular flexibility index (Phi) is 3.16. The molecular weight excluding hydrogens is 276 g/mol. The van der Waals surface area contributed by atoms with Crippen LogP contribution in [0.4, 0.5) is 11.4 Å². The fraction of sp³-hybridized carbons (Fsp3) is 0.0667. The zero-order chi connectivity index (χ0) is 14.1. The Bertz CT molecular complexity index is 713. The summed E-state index contributed by atoms with van der Waals surface area (Å²) in [6.07, 6.45) is 1.56. The van der Waals surface area contributed by atoms with Gasteiger partial charge in [0.05, 0.1) is 5.69 Å². The van der Waals surface area contributed by atoms with Gasteiger partial charge >= 0.3 is 0 Å². The van der Waals surface area contributed by atoms with E-state index in [-0.39, 0.29) is 11.7 Å². The standard InChI is InChI=1S/C15H11ClN2O2/c16-9-4-5-14-12(6-9)13(15(20)18-14)8-17-10-2-1-3-11(19)7-10/h1-8,13,19H,(H,18,20). The summed E-state index contributed by atoms with van der Waals surface area (Å²) < 4.78 is 0. The number of hydrogen-bond acceptors (Lipinski definition) is 3. The third-order valence-corrected chi connectivity index (χ3v) is 3.33. The fourth-order valence-electron chi connectivity index (χ4n) is 2.14. The quantitative estimate of drug-likeness (QED) is 0.830. The molecule has 100 valence electrons.